The first kappa shape index (κ1) is 14.7. The lowest BCUT2D eigenvalue weighted by molar-refractivity contribution is 0.176. The minimum absolute atomic E-state index is 0.192. The number of halogens is 1. The molecule has 0 radical (unpaired) electrons. The topological polar surface area (TPSA) is 32.7 Å². The van der Waals surface area contributed by atoms with Crippen LogP contribution in [0.3, 0.4) is 0 Å². The molecule has 1 aromatic carbocycles. The van der Waals surface area contributed by atoms with Crippen LogP contribution in [-0.4, -0.2) is 29.7 Å². The molecule has 1 fully saturated rings. The maximum Gasteiger partial charge on any atom is 0.172 e. The van der Waals surface area contributed by atoms with E-state index in [0.717, 1.165) is 25.6 Å². The van der Waals surface area contributed by atoms with Gasteiger partial charge in [-0.3, -0.25) is 4.90 Å². The predicted molar refractivity (Wildman–Crippen MR) is 80.7 cm³/mol. The van der Waals surface area contributed by atoms with Gasteiger partial charge in [0.1, 0.15) is 0 Å². The van der Waals surface area contributed by atoms with Gasteiger partial charge >= 0.3 is 0 Å². The number of nitrogens with zero attached hydrogens (tertiary/aromatic N) is 1. The summed E-state index contributed by atoms with van der Waals surface area (Å²) in [5.41, 5.74) is 1.18. The summed E-state index contributed by atoms with van der Waals surface area (Å²) in [5.74, 6) is 1.54. The number of hydrogen-bond donors (Lipinski definition) is 1. The molecule has 1 atom stereocenters. The van der Waals surface area contributed by atoms with E-state index in [1.54, 1.807) is 0 Å². The van der Waals surface area contributed by atoms with Gasteiger partial charge in [-0.15, -0.1) is 0 Å². The van der Waals surface area contributed by atoms with Gasteiger partial charge in [-0.25, -0.2) is 0 Å². The molecule has 1 aliphatic heterocycles. The van der Waals surface area contributed by atoms with Crippen LogP contribution < -0.4 is 4.74 Å². The van der Waals surface area contributed by atoms with Crippen LogP contribution in [-0.2, 0) is 6.54 Å². The second-order valence-corrected chi connectivity index (χ2v) is 6.19. The summed E-state index contributed by atoms with van der Waals surface area (Å²) in [6.07, 6.45) is 2.61. The molecule has 1 heterocycles. The van der Waals surface area contributed by atoms with Crippen LogP contribution >= 0.6 is 15.9 Å². The van der Waals surface area contributed by atoms with Crippen molar-refractivity contribution in [2.75, 3.05) is 19.7 Å². The number of likely N-dealkylation sites (tertiary alicyclic amines) is 1. The van der Waals surface area contributed by atoms with Gasteiger partial charge in [0.15, 0.2) is 11.5 Å². The highest BCUT2D eigenvalue weighted by molar-refractivity contribution is 9.10. The van der Waals surface area contributed by atoms with Gasteiger partial charge in [0.05, 0.1) is 11.1 Å². The molecule has 106 valence electrons. The maximum atomic E-state index is 9.92. The van der Waals surface area contributed by atoms with Crippen molar-refractivity contribution in [2.24, 2.45) is 5.92 Å². The lowest BCUT2D eigenvalue weighted by Gasteiger charge is -2.31. The second kappa shape index (κ2) is 6.62. The largest absolute Gasteiger partial charge is 0.503 e. The standard InChI is InChI=1S/C15H22BrNO2/c1-3-19-14-8-12(7-13(16)15(14)18)10-17-6-4-5-11(2)9-17/h7-8,11,18H,3-6,9-10H2,1-2H3. The zero-order valence-corrected chi connectivity index (χ0v) is 13.2. The SMILES string of the molecule is CCOc1cc(CN2CCCC(C)C2)cc(Br)c1O. The molecule has 1 N–H and O–H groups in total. The van der Waals surface area contributed by atoms with E-state index in [1.807, 2.05) is 19.1 Å². The molecule has 1 aromatic rings. The number of benzene rings is 1. The Morgan fingerprint density at radius 2 is 2.26 bits per heavy atom. The molecule has 0 aromatic heterocycles. The number of hydrogen-bond acceptors (Lipinski definition) is 3. The minimum atomic E-state index is 0.192. The summed E-state index contributed by atoms with van der Waals surface area (Å²) < 4.78 is 6.18. The molecule has 0 spiro atoms. The Morgan fingerprint density at radius 3 is 2.95 bits per heavy atom. The maximum absolute atomic E-state index is 9.92. The quantitative estimate of drug-likeness (QED) is 0.913. The molecule has 3 nitrogen and oxygen atoms in total. The Labute approximate surface area is 123 Å². The van der Waals surface area contributed by atoms with E-state index in [0.29, 0.717) is 16.8 Å². The van der Waals surface area contributed by atoms with E-state index in [2.05, 4.69) is 27.8 Å². The number of piperidine rings is 1. The summed E-state index contributed by atoms with van der Waals surface area (Å²) in [7, 11) is 0. The third kappa shape index (κ3) is 3.86. The van der Waals surface area contributed by atoms with E-state index >= 15 is 0 Å². The Kier molecular flexibility index (Phi) is 5.11. The number of phenolic OH excluding ortho intramolecular Hbond substituents is 1. The van der Waals surface area contributed by atoms with Crippen LogP contribution in [0.5, 0.6) is 11.5 Å². The van der Waals surface area contributed by atoms with Crippen LogP contribution in [0, 0.1) is 5.92 Å². The van der Waals surface area contributed by atoms with E-state index in [9.17, 15) is 5.11 Å². The fourth-order valence-corrected chi connectivity index (χ4v) is 3.16. The summed E-state index contributed by atoms with van der Waals surface area (Å²) >= 11 is 3.40. The molecule has 0 bridgehead atoms. The fraction of sp³-hybridized carbons (Fsp3) is 0.600. The van der Waals surface area contributed by atoms with Crippen molar-refractivity contribution in [3.8, 4) is 11.5 Å². The number of aromatic hydroxyl groups is 1. The average Bonchev–Trinajstić information content (AvgIpc) is 2.35. The van der Waals surface area contributed by atoms with Crippen LogP contribution in [0.25, 0.3) is 0 Å². The third-order valence-electron chi connectivity index (χ3n) is 3.54. The van der Waals surface area contributed by atoms with Gasteiger partial charge in [0.25, 0.3) is 0 Å². The van der Waals surface area contributed by atoms with Gasteiger partial charge in [0, 0.05) is 13.1 Å². The minimum Gasteiger partial charge on any atom is -0.503 e. The van der Waals surface area contributed by atoms with Crippen LogP contribution in [0.1, 0.15) is 32.3 Å². The van der Waals surface area contributed by atoms with E-state index in [-0.39, 0.29) is 5.75 Å². The van der Waals surface area contributed by atoms with Crippen molar-refractivity contribution in [3.05, 3.63) is 22.2 Å². The van der Waals surface area contributed by atoms with Gasteiger partial charge < -0.3 is 9.84 Å². The van der Waals surface area contributed by atoms with Gasteiger partial charge in [-0.05, 0) is 65.9 Å². The normalized spacial score (nSPS) is 20.5. The average molecular weight is 328 g/mol. The number of rotatable bonds is 4. The molecular formula is C15H22BrNO2. The first-order chi connectivity index (χ1) is 9.10. The van der Waals surface area contributed by atoms with Gasteiger partial charge in [0.2, 0.25) is 0 Å². The van der Waals surface area contributed by atoms with E-state index in [1.165, 1.54) is 18.4 Å². The third-order valence-corrected chi connectivity index (χ3v) is 4.14. The molecule has 1 unspecified atom stereocenters. The zero-order valence-electron chi connectivity index (χ0n) is 11.7. The highest BCUT2D eigenvalue weighted by Crippen LogP contribution is 2.36. The lowest BCUT2D eigenvalue weighted by atomic mass is 10.00. The molecule has 0 saturated carbocycles. The monoisotopic (exact) mass is 327 g/mol. The molecule has 1 saturated heterocycles. The van der Waals surface area contributed by atoms with Crippen LogP contribution in [0.15, 0.2) is 16.6 Å². The highest BCUT2D eigenvalue weighted by atomic mass is 79.9. The van der Waals surface area contributed by atoms with Crippen molar-refractivity contribution < 1.29 is 9.84 Å². The summed E-state index contributed by atoms with van der Waals surface area (Å²) in [6, 6.07) is 3.93. The van der Waals surface area contributed by atoms with Crippen molar-refractivity contribution >= 4 is 15.9 Å². The first-order valence-corrected chi connectivity index (χ1v) is 7.76. The molecule has 2 rings (SSSR count). The molecule has 19 heavy (non-hydrogen) atoms. The fourth-order valence-electron chi connectivity index (χ4n) is 2.67. The molecule has 0 amide bonds. The van der Waals surface area contributed by atoms with Crippen LogP contribution in [0.2, 0.25) is 0 Å². The van der Waals surface area contributed by atoms with Crippen molar-refractivity contribution in [2.45, 2.75) is 33.2 Å². The Bertz CT molecular complexity index is 436. The predicted octanol–water partition coefficient (Wildman–Crippen LogP) is 3.79. The van der Waals surface area contributed by atoms with Crippen molar-refractivity contribution in [1.82, 2.24) is 4.90 Å². The summed E-state index contributed by atoms with van der Waals surface area (Å²) in [5, 5.41) is 9.92. The second-order valence-electron chi connectivity index (χ2n) is 5.34. The smallest absolute Gasteiger partial charge is 0.172 e. The Morgan fingerprint density at radius 1 is 1.47 bits per heavy atom. The van der Waals surface area contributed by atoms with E-state index in [4.69, 9.17) is 4.74 Å². The van der Waals surface area contributed by atoms with Crippen molar-refractivity contribution in [3.63, 3.8) is 0 Å². The highest BCUT2D eigenvalue weighted by Gasteiger charge is 2.17. The summed E-state index contributed by atoms with van der Waals surface area (Å²) in [6.45, 7) is 8.03. The lowest BCUT2D eigenvalue weighted by Crippen LogP contribution is -2.33. The number of phenols is 1. The van der Waals surface area contributed by atoms with Gasteiger partial charge in [-0.1, -0.05) is 6.92 Å². The molecule has 1 aliphatic rings. The molecule has 4 heteroatoms. The molecule has 0 aliphatic carbocycles. The zero-order chi connectivity index (χ0) is 13.8. The Balaban J connectivity index is 2.11. The van der Waals surface area contributed by atoms with Crippen molar-refractivity contribution in [1.29, 1.82) is 0 Å². The first-order valence-electron chi connectivity index (χ1n) is 6.96. The molecular weight excluding hydrogens is 306 g/mol. The number of ether oxygens (including phenoxy) is 1. The van der Waals surface area contributed by atoms with Gasteiger partial charge in [-0.2, -0.15) is 0 Å². The van der Waals surface area contributed by atoms with E-state index < -0.39 is 0 Å². The summed E-state index contributed by atoms with van der Waals surface area (Å²) in [4.78, 5) is 2.47. The van der Waals surface area contributed by atoms with Crippen LogP contribution in [0.4, 0.5) is 0 Å². The Hall–Kier alpha value is -0.740.